The van der Waals surface area contributed by atoms with E-state index in [1.165, 1.54) is 0 Å². The summed E-state index contributed by atoms with van der Waals surface area (Å²) in [7, 11) is 0. The van der Waals surface area contributed by atoms with E-state index in [2.05, 4.69) is 16.0 Å². The first-order valence-corrected chi connectivity index (χ1v) is 6.04. The van der Waals surface area contributed by atoms with Gasteiger partial charge in [0.2, 0.25) is 0 Å². The maximum atomic E-state index is 8.96. The maximum absolute atomic E-state index is 8.96. The van der Waals surface area contributed by atoms with Crippen molar-refractivity contribution in [2.24, 2.45) is 0 Å². The van der Waals surface area contributed by atoms with Crippen molar-refractivity contribution in [2.45, 2.75) is 0 Å². The molecule has 0 unspecified atom stereocenters. The predicted octanol–water partition coefficient (Wildman–Crippen LogP) is 2.39. The van der Waals surface area contributed by atoms with Gasteiger partial charge in [0, 0.05) is 29.8 Å². The first-order valence-electron chi connectivity index (χ1n) is 6.04. The average Bonchev–Trinajstić information content (AvgIpc) is 2.97. The summed E-state index contributed by atoms with van der Waals surface area (Å²) in [6.45, 7) is 0. The Hall–Kier alpha value is -3.13. The zero-order chi connectivity index (χ0) is 13.9. The second-order valence-electron chi connectivity index (χ2n) is 4.26. The number of hydrogen-bond acceptors (Lipinski definition) is 4. The van der Waals surface area contributed by atoms with Crippen LogP contribution in [0.1, 0.15) is 5.56 Å². The van der Waals surface area contributed by atoms with Gasteiger partial charge in [0.05, 0.1) is 11.6 Å². The Morgan fingerprint density at radius 1 is 1.05 bits per heavy atom. The van der Waals surface area contributed by atoms with E-state index >= 15 is 0 Å². The van der Waals surface area contributed by atoms with E-state index in [1.807, 2.05) is 35.0 Å². The van der Waals surface area contributed by atoms with Gasteiger partial charge in [-0.15, -0.1) is 0 Å². The lowest BCUT2D eigenvalue weighted by molar-refractivity contribution is 1.00. The number of benzene rings is 1. The minimum Gasteiger partial charge on any atom is -0.399 e. The topological polar surface area (TPSA) is 80.5 Å². The second kappa shape index (κ2) is 4.86. The summed E-state index contributed by atoms with van der Waals surface area (Å²) in [6, 6.07) is 13.0. The van der Waals surface area contributed by atoms with Crippen molar-refractivity contribution >= 4 is 5.69 Å². The highest BCUT2D eigenvalue weighted by Crippen LogP contribution is 2.21. The van der Waals surface area contributed by atoms with Gasteiger partial charge in [0.1, 0.15) is 11.6 Å². The molecule has 0 radical (unpaired) electrons. The van der Waals surface area contributed by atoms with Crippen LogP contribution < -0.4 is 5.73 Å². The van der Waals surface area contributed by atoms with E-state index < -0.39 is 0 Å². The molecule has 1 aromatic carbocycles. The lowest BCUT2D eigenvalue weighted by atomic mass is 10.2. The first-order chi connectivity index (χ1) is 9.78. The number of anilines is 1. The van der Waals surface area contributed by atoms with Gasteiger partial charge in [0.15, 0.2) is 0 Å². The van der Waals surface area contributed by atoms with Crippen LogP contribution in [0.5, 0.6) is 0 Å². The molecule has 0 aliphatic carbocycles. The van der Waals surface area contributed by atoms with Crippen molar-refractivity contribution in [1.82, 2.24) is 14.5 Å². The molecule has 20 heavy (non-hydrogen) atoms. The number of nitriles is 1. The molecular formula is C15H11N5. The van der Waals surface area contributed by atoms with Gasteiger partial charge in [-0.1, -0.05) is 0 Å². The van der Waals surface area contributed by atoms with Crippen molar-refractivity contribution in [3.05, 3.63) is 60.6 Å². The summed E-state index contributed by atoms with van der Waals surface area (Å²) in [5.41, 5.74) is 7.90. The van der Waals surface area contributed by atoms with E-state index in [0.29, 0.717) is 17.1 Å². The molecule has 2 aromatic heterocycles. The molecule has 0 spiro atoms. The Labute approximate surface area is 116 Å². The standard InChI is InChI=1S/C15H11N5/c16-10-11-5-6-18-14(9-11)20-8-7-19-15(20)12-1-3-13(17)4-2-12/h1-9H,17H2. The van der Waals surface area contributed by atoms with Gasteiger partial charge < -0.3 is 5.73 Å². The van der Waals surface area contributed by atoms with E-state index in [0.717, 1.165) is 11.4 Å². The zero-order valence-corrected chi connectivity index (χ0v) is 10.6. The van der Waals surface area contributed by atoms with E-state index in [1.54, 1.807) is 24.5 Å². The van der Waals surface area contributed by atoms with E-state index in [9.17, 15) is 0 Å². The van der Waals surface area contributed by atoms with Gasteiger partial charge in [0.25, 0.3) is 0 Å². The van der Waals surface area contributed by atoms with Crippen LogP contribution in [0.3, 0.4) is 0 Å². The van der Waals surface area contributed by atoms with Crippen LogP contribution >= 0.6 is 0 Å². The third-order valence-electron chi connectivity index (χ3n) is 2.93. The molecule has 0 aliphatic rings. The molecule has 0 bridgehead atoms. The Bertz CT molecular complexity index is 781. The molecule has 96 valence electrons. The molecule has 0 amide bonds. The Morgan fingerprint density at radius 2 is 1.85 bits per heavy atom. The van der Waals surface area contributed by atoms with Crippen molar-refractivity contribution in [1.29, 1.82) is 5.26 Å². The monoisotopic (exact) mass is 261 g/mol. The van der Waals surface area contributed by atoms with Crippen LogP contribution in [-0.4, -0.2) is 14.5 Å². The minimum atomic E-state index is 0.562. The van der Waals surface area contributed by atoms with Crippen molar-refractivity contribution < 1.29 is 0 Å². The molecule has 0 atom stereocenters. The second-order valence-corrected chi connectivity index (χ2v) is 4.26. The molecule has 0 saturated carbocycles. The van der Waals surface area contributed by atoms with Crippen molar-refractivity contribution in [3.8, 4) is 23.3 Å². The van der Waals surface area contributed by atoms with Gasteiger partial charge in [-0.3, -0.25) is 4.57 Å². The summed E-state index contributed by atoms with van der Waals surface area (Å²) in [5.74, 6) is 1.42. The predicted molar refractivity (Wildman–Crippen MR) is 75.9 cm³/mol. The van der Waals surface area contributed by atoms with Crippen LogP contribution in [-0.2, 0) is 0 Å². The van der Waals surface area contributed by atoms with E-state index in [-0.39, 0.29) is 0 Å². The molecule has 2 N–H and O–H groups in total. The van der Waals surface area contributed by atoms with Gasteiger partial charge in [-0.25, -0.2) is 9.97 Å². The number of imidazole rings is 1. The Kier molecular flexibility index (Phi) is 2.90. The normalized spacial score (nSPS) is 10.2. The summed E-state index contributed by atoms with van der Waals surface area (Å²) in [4.78, 5) is 8.63. The quantitative estimate of drug-likeness (QED) is 0.718. The molecule has 2 heterocycles. The lowest BCUT2D eigenvalue weighted by Crippen LogP contribution is -1.99. The number of nitrogens with zero attached hydrogens (tertiary/aromatic N) is 4. The summed E-state index contributed by atoms with van der Waals surface area (Å²) in [6.07, 6.45) is 5.13. The number of rotatable bonds is 2. The highest BCUT2D eigenvalue weighted by Gasteiger charge is 2.08. The summed E-state index contributed by atoms with van der Waals surface area (Å²) < 4.78 is 1.84. The molecule has 3 rings (SSSR count). The minimum absolute atomic E-state index is 0.562. The average molecular weight is 261 g/mol. The van der Waals surface area contributed by atoms with Crippen LogP contribution in [0.15, 0.2) is 55.0 Å². The molecule has 5 heteroatoms. The lowest BCUT2D eigenvalue weighted by Gasteiger charge is -2.07. The number of hydrogen-bond donors (Lipinski definition) is 1. The number of pyridine rings is 1. The highest BCUT2D eigenvalue weighted by atomic mass is 15.1. The molecule has 0 aliphatic heterocycles. The Morgan fingerprint density at radius 3 is 2.60 bits per heavy atom. The largest absolute Gasteiger partial charge is 0.399 e. The number of aromatic nitrogens is 3. The third-order valence-corrected chi connectivity index (χ3v) is 2.93. The van der Waals surface area contributed by atoms with Crippen LogP contribution in [0.2, 0.25) is 0 Å². The number of nitrogen functional groups attached to an aromatic ring is 1. The maximum Gasteiger partial charge on any atom is 0.145 e. The highest BCUT2D eigenvalue weighted by molar-refractivity contribution is 5.61. The smallest absolute Gasteiger partial charge is 0.145 e. The molecular weight excluding hydrogens is 250 g/mol. The summed E-state index contributed by atoms with van der Waals surface area (Å²) in [5, 5.41) is 8.96. The van der Waals surface area contributed by atoms with E-state index in [4.69, 9.17) is 11.0 Å². The van der Waals surface area contributed by atoms with Crippen molar-refractivity contribution in [2.75, 3.05) is 5.73 Å². The van der Waals surface area contributed by atoms with Gasteiger partial charge in [-0.2, -0.15) is 5.26 Å². The van der Waals surface area contributed by atoms with Gasteiger partial charge in [-0.05, 0) is 36.4 Å². The Balaban J connectivity index is 2.10. The van der Waals surface area contributed by atoms with Crippen LogP contribution in [0.4, 0.5) is 5.69 Å². The fraction of sp³-hybridized carbons (Fsp3) is 0. The van der Waals surface area contributed by atoms with Crippen molar-refractivity contribution in [3.63, 3.8) is 0 Å². The molecule has 3 aromatic rings. The fourth-order valence-electron chi connectivity index (χ4n) is 1.95. The SMILES string of the molecule is N#Cc1ccnc(-n2ccnc2-c2ccc(N)cc2)c1. The fourth-order valence-corrected chi connectivity index (χ4v) is 1.95. The molecule has 5 nitrogen and oxygen atoms in total. The third kappa shape index (κ3) is 2.10. The molecule has 0 fully saturated rings. The van der Waals surface area contributed by atoms with Gasteiger partial charge >= 0.3 is 0 Å². The van der Waals surface area contributed by atoms with Crippen LogP contribution in [0.25, 0.3) is 17.2 Å². The number of nitrogens with two attached hydrogens (primary N) is 1. The zero-order valence-electron chi connectivity index (χ0n) is 10.6. The molecule has 0 saturated heterocycles. The first kappa shape index (κ1) is 11.9. The van der Waals surface area contributed by atoms with Crippen LogP contribution in [0, 0.1) is 11.3 Å². The summed E-state index contributed by atoms with van der Waals surface area (Å²) >= 11 is 0.